The molecule has 34 heavy (non-hydrogen) atoms. The Morgan fingerprint density at radius 2 is 1.76 bits per heavy atom. The summed E-state index contributed by atoms with van der Waals surface area (Å²) in [5.41, 5.74) is 3.30. The summed E-state index contributed by atoms with van der Waals surface area (Å²) in [6.07, 6.45) is 8.33. The lowest BCUT2D eigenvalue weighted by molar-refractivity contribution is 0.157. The number of hydrogen-bond donors (Lipinski definition) is 2. The second kappa shape index (κ2) is 9.75. The van der Waals surface area contributed by atoms with Crippen LogP contribution in [0.1, 0.15) is 46.0 Å². The van der Waals surface area contributed by atoms with Crippen molar-refractivity contribution in [3.8, 4) is 22.6 Å². The van der Waals surface area contributed by atoms with E-state index in [1.807, 2.05) is 56.4 Å². The molecule has 0 radical (unpaired) electrons. The molecule has 176 valence electrons. The van der Waals surface area contributed by atoms with Crippen molar-refractivity contribution < 1.29 is 4.39 Å². The van der Waals surface area contributed by atoms with Crippen molar-refractivity contribution in [2.24, 2.45) is 11.8 Å². The molecule has 3 aliphatic carbocycles. The number of rotatable bonds is 4. The van der Waals surface area contributed by atoms with Gasteiger partial charge in [0.25, 0.3) is 0 Å². The van der Waals surface area contributed by atoms with Crippen LogP contribution >= 0.6 is 11.6 Å². The van der Waals surface area contributed by atoms with Gasteiger partial charge in [0.1, 0.15) is 11.6 Å². The van der Waals surface area contributed by atoms with Gasteiger partial charge >= 0.3 is 0 Å². The van der Waals surface area contributed by atoms with E-state index in [-0.39, 0.29) is 5.82 Å². The third-order valence-electron chi connectivity index (χ3n) is 7.12. The first-order chi connectivity index (χ1) is 16.6. The molecular weight excluding hydrogens is 447 g/mol. The maximum absolute atomic E-state index is 14.1. The lowest BCUT2D eigenvalue weighted by Crippen LogP contribution is -2.40. The highest BCUT2D eigenvalue weighted by atomic mass is 35.5. The third kappa shape index (κ3) is 4.41. The van der Waals surface area contributed by atoms with Crippen molar-refractivity contribution in [3.05, 3.63) is 65.6 Å². The van der Waals surface area contributed by atoms with Crippen LogP contribution in [0.4, 0.5) is 10.2 Å². The quantitative estimate of drug-likeness (QED) is 0.313. The van der Waals surface area contributed by atoms with Gasteiger partial charge in [-0.2, -0.15) is 0 Å². The topological polar surface area (TPSA) is 53.6 Å². The monoisotopic (exact) mass is 476 g/mol. The summed E-state index contributed by atoms with van der Waals surface area (Å²) in [5.74, 6) is 2.54. The molecule has 2 bridgehead atoms. The molecule has 2 heterocycles. The number of fused-ring (bicyclic) bond motifs is 4. The fourth-order valence-electron chi connectivity index (χ4n) is 5.48. The fraction of sp³-hybridized carbons (Fsp3) is 0.357. The highest BCUT2D eigenvalue weighted by molar-refractivity contribution is 6.35. The average molecular weight is 477 g/mol. The fourth-order valence-corrected chi connectivity index (χ4v) is 5.74. The summed E-state index contributed by atoms with van der Waals surface area (Å²) < 4.78 is 14.1. The van der Waals surface area contributed by atoms with Gasteiger partial charge in [-0.25, -0.2) is 14.4 Å². The molecule has 0 spiro atoms. The Kier molecular flexibility index (Phi) is 6.55. The third-order valence-corrected chi connectivity index (χ3v) is 7.42. The van der Waals surface area contributed by atoms with Crippen LogP contribution in [0, 0.1) is 17.7 Å². The van der Waals surface area contributed by atoms with E-state index in [1.54, 1.807) is 0 Å². The SMILES string of the molecule is CC.Fc1cc(Cl)c2[nH]cc(-c3nc(NC4CC5CCC4CC5)cc(-c4ccccc4)n3)c2c1. The zero-order chi connectivity index (χ0) is 23.7. The van der Waals surface area contributed by atoms with E-state index in [0.29, 0.717) is 33.7 Å². The zero-order valence-electron chi connectivity index (χ0n) is 19.6. The van der Waals surface area contributed by atoms with Crippen LogP contribution in [0.5, 0.6) is 0 Å². The molecule has 2 N–H and O–H groups in total. The van der Waals surface area contributed by atoms with Gasteiger partial charge in [-0.15, -0.1) is 0 Å². The Bertz CT molecular complexity index is 1280. The minimum Gasteiger partial charge on any atom is -0.367 e. The number of aromatic nitrogens is 3. The van der Waals surface area contributed by atoms with E-state index in [4.69, 9.17) is 21.6 Å². The van der Waals surface area contributed by atoms with Gasteiger partial charge < -0.3 is 10.3 Å². The summed E-state index contributed by atoms with van der Waals surface area (Å²) in [4.78, 5) is 12.9. The normalized spacial score (nSPS) is 21.2. The van der Waals surface area contributed by atoms with Crippen LogP contribution in [0.3, 0.4) is 0 Å². The second-order valence-electron chi connectivity index (χ2n) is 9.11. The zero-order valence-corrected chi connectivity index (χ0v) is 20.4. The molecule has 7 rings (SSSR count). The average Bonchev–Trinajstić information content (AvgIpc) is 3.31. The van der Waals surface area contributed by atoms with E-state index in [0.717, 1.165) is 28.6 Å². The van der Waals surface area contributed by atoms with Gasteiger partial charge in [-0.05, 0) is 43.2 Å². The Morgan fingerprint density at radius 1 is 1.00 bits per heavy atom. The lowest BCUT2D eigenvalue weighted by atomic mass is 9.68. The first-order valence-corrected chi connectivity index (χ1v) is 12.7. The van der Waals surface area contributed by atoms with Crippen molar-refractivity contribution in [1.82, 2.24) is 15.0 Å². The Labute approximate surface area is 205 Å². The van der Waals surface area contributed by atoms with Crippen LogP contribution < -0.4 is 5.32 Å². The van der Waals surface area contributed by atoms with Gasteiger partial charge in [-0.1, -0.05) is 68.6 Å². The maximum Gasteiger partial charge on any atom is 0.164 e. The van der Waals surface area contributed by atoms with Crippen molar-refractivity contribution >= 4 is 28.3 Å². The number of anilines is 1. The molecule has 0 saturated heterocycles. The van der Waals surface area contributed by atoms with Crippen LogP contribution in [0.25, 0.3) is 33.5 Å². The largest absolute Gasteiger partial charge is 0.367 e. The van der Waals surface area contributed by atoms with Crippen molar-refractivity contribution in [2.75, 3.05) is 5.32 Å². The number of hydrogen-bond acceptors (Lipinski definition) is 3. The minimum absolute atomic E-state index is 0.349. The highest BCUT2D eigenvalue weighted by Gasteiger charge is 2.35. The molecule has 3 aliphatic rings. The van der Waals surface area contributed by atoms with Crippen LogP contribution in [0.15, 0.2) is 54.7 Å². The Morgan fingerprint density at radius 3 is 2.47 bits per heavy atom. The highest BCUT2D eigenvalue weighted by Crippen LogP contribution is 2.42. The van der Waals surface area contributed by atoms with Crippen molar-refractivity contribution in [3.63, 3.8) is 0 Å². The molecule has 4 nitrogen and oxygen atoms in total. The molecule has 3 fully saturated rings. The molecule has 6 heteroatoms. The number of benzene rings is 2. The van der Waals surface area contributed by atoms with E-state index in [9.17, 15) is 4.39 Å². The molecule has 3 saturated carbocycles. The van der Waals surface area contributed by atoms with Gasteiger partial charge in [0, 0.05) is 34.8 Å². The number of nitrogens with one attached hydrogen (secondary N) is 2. The molecule has 4 aromatic rings. The minimum atomic E-state index is -0.376. The molecule has 0 aliphatic heterocycles. The predicted molar refractivity (Wildman–Crippen MR) is 139 cm³/mol. The van der Waals surface area contributed by atoms with Crippen LogP contribution in [-0.4, -0.2) is 21.0 Å². The van der Waals surface area contributed by atoms with Gasteiger partial charge in [0.2, 0.25) is 0 Å². The van der Waals surface area contributed by atoms with E-state index >= 15 is 0 Å². The van der Waals surface area contributed by atoms with E-state index in [2.05, 4.69) is 10.3 Å². The first-order valence-electron chi connectivity index (χ1n) is 12.3. The van der Waals surface area contributed by atoms with Gasteiger partial charge in [-0.3, -0.25) is 0 Å². The van der Waals surface area contributed by atoms with Gasteiger partial charge in [0.05, 0.1) is 16.2 Å². The van der Waals surface area contributed by atoms with Crippen LogP contribution in [0.2, 0.25) is 5.02 Å². The number of nitrogens with zero attached hydrogens (tertiary/aromatic N) is 2. The van der Waals surface area contributed by atoms with E-state index < -0.39 is 0 Å². The van der Waals surface area contributed by atoms with Crippen molar-refractivity contribution in [2.45, 2.75) is 52.0 Å². The number of halogens is 2. The molecule has 1 unspecified atom stereocenters. The summed E-state index contributed by atoms with van der Waals surface area (Å²) in [5, 5.41) is 4.77. The molecule has 1 atom stereocenters. The number of aromatic amines is 1. The lowest BCUT2D eigenvalue weighted by Gasteiger charge is -2.42. The Balaban J connectivity index is 0.00000117. The summed E-state index contributed by atoms with van der Waals surface area (Å²) in [6.45, 7) is 4.00. The first kappa shape index (κ1) is 22.9. The molecular formula is C28H30ClFN4. The van der Waals surface area contributed by atoms with Crippen LogP contribution in [-0.2, 0) is 0 Å². The number of H-pyrrole nitrogens is 1. The summed E-state index contributed by atoms with van der Waals surface area (Å²) >= 11 is 6.26. The van der Waals surface area contributed by atoms with Gasteiger partial charge in [0.15, 0.2) is 5.82 Å². The molecule has 2 aromatic heterocycles. The molecule has 0 amide bonds. The van der Waals surface area contributed by atoms with E-state index in [1.165, 1.54) is 44.2 Å². The van der Waals surface area contributed by atoms with Crippen molar-refractivity contribution in [1.29, 1.82) is 0 Å². The smallest absolute Gasteiger partial charge is 0.164 e. The Hall–Kier alpha value is -2.92. The standard InChI is InChI=1S/C26H24ClFN4.C2H6/c27-21-12-18(28)11-19-20(14-29-25(19)21)26-31-23(16-4-2-1-3-5-16)13-24(32-26)30-22-10-15-6-8-17(22)9-7-15;1-2/h1-5,11-15,17,22,29H,6-10H2,(H,30,31,32);1-2H3. The summed E-state index contributed by atoms with van der Waals surface area (Å²) in [6, 6.07) is 15.4. The molecule has 2 aromatic carbocycles. The summed E-state index contributed by atoms with van der Waals surface area (Å²) in [7, 11) is 0. The second-order valence-corrected chi connectivity index (χ2v) is 9.52. The predicted octanol–water partition coefficient (Wildman–Crippen LogP) is 8.10. The maximum atomic E-state index is 14.1.